The van der Waals surface area contributed by atoms with Crippen LogP contribution in [0.1, 0.15) is 25.8 Å². The molecule has 1 heterocycles. The number of esters is 1. The molecule has 30 heavy (non-hydrogen) atoms. The van der Waals surface area contributed by atoms with Crippen LogP contribution in [-0.4, -0.2) is 36.8 Å². The van der Waals surface area contributed by atoms with E-state index in [1.165, 1.54) is 19.2 Å². The first-order valence-electron chi connectivity index (χ1n) is 9.20. The van der Waals surface area contributed by atoms with Crippen LogP contribution >= 0.6 is 0 Å². The molecule has 2 aromatic rings. The van der Waals surface area contributed by atoms with Crippen molar-refractivity contribution in [2.75, 3.05) is 7.11 Å². The van der Waals surface area contributed by atoms with Crippen molar-refractivity contribution in [3.05, 3.63) is 76.0 Å². The zero-order chi connectivity index (χ0) is 22.1. The van der Waals surface area contributed by atoms with Crippen LogP contribution in [0.15, 0.2) is 65.2 Å². The van der Waals surface area contributed by atoms with Gasteiger partial charge in [-0.05, 0) is 30.2 Å². The molecule has 1 aliphatic heterocycles. The number of nitro groups is 1. The monoisotopic (exact) mass is 430 g/mol. The maximum atomic E-state index is 13.5. The van der Waals surface area contributed by atoms with Crippen LogP contribution < -0.4 is 0 Å². The van der Waals surface area contributed by atoms with E-state index in [1.807, 2.05) is 30.3 Å². The Balaban J connectivity index is 2.16. The fourth-order valence-corrected chi connectivity index (χ4v) is 5.44. The molecular formula is C21H22N2O6S. The van der Waals surface area contributed by atoms with Gasteiger partial charge in [-0.2, -0.15) is 0 Å². The minimum atomic E-state index is -4.18. The molecule has 0 N–H and O–H groups in total. The number of allylic oxidation sites excluding steroid dienone is 1. The molecule has 0 saturated carbocycles. The molecule has 1 saturated heterocycles. The minimum Gasteiger partial charge on any atom is -0.467 e. The standard InChI is InChI=1S/C21H22N2O6S/c1-21(2)14-17(13-15-7-5-4-6-8-15)22(19(21)20(24)29-3)30(27,28)18-11-9-16(10-12-18)23(25)26/h4-13,19H,14H2,1-3H3/b17-13+/t19-/m1/s1. The summed E-state index contributed by atoms with van der Waals surface area (Å²) in [6.45, 7) is 3.61. The average molecular weight is 430 g/mol. The van der Waals surface area contributed by atoms with E-state index in [2.05, 4.69) is 0 Å². The third-order valence-electron chi connectivity index (χ3n) is 5.06. The molecule has 0 aromatic heterocycles. The maximum absolute atomic E-state index is 13.5. The summed E-state index contributed by atoms with van der Waals surface area (Å²) < 4.78 is 33.1. The Bertz CT molecular complexity index is 1090. The molecule has 0 unspecified atom stereocenters. The molecule has 1 fully saturated rings. The Labute approximate surface area is 175 Å². The maximum Gasteiger partial charge on any atom is 0.330 e. The van der Waals surface area contributed by atoms with Crippen LogP contribution in [0.25, 0.3) is 6.08 Å². The molecular weight excluding hydrogens is 408 g/mol. The van der Waals surface area contributed by atoms with Gasteiger partial charge in [-0.1, -0.05) is 44.2 Å². The van der Waals surface area contributed by atoms with Gasteiger partial charge in [-0.3, -0.25) is 14.4 Å². The summed E-state index contributed by atoms with van der Waals surface area (Å²) in [4.78, 5) is 22.8. The van der Waals surface area contributed by atoms with Gasteiger partial charge in [-0.15, -0.1) is 0 Å². The fourth-order valence-electron chi connectivity index (χ4n) is 3.65. The molecule has 9 heteroatoms. The van der Waals surface area contributed by atoms with Crippen molar-refractivity contribution in [2.24, 2.45) is 5.41 Å². The highest BCUT2D eigenvalue weighted by Crippen LogP contribution is 2.46. The van der Waals surface area contributed by atoms with Crippen molar-refractivity contribution in [3.8, 4) is 0 Å². The van der Waals surface area contributed by atoms with Crippen molar-refractivity contribution < 1.29 is 22.9 Å². The van der Waals surface area contributed by atoms with E-state index in [1.54, 1.807) is 19.9 Å². The summed E-state index contributed by atoms with van der Waals surface area (Å²) >= 11 is 0. The largest absolute Gasteiger partial charge is 0.467 e. The SMILES string of the molecule is COC(=O)[C@H]1N(S(=O)(=O)c2ccc([N+](=O)[O-])cc2)/C(=C/c2ccccc2)CC1(C)C. The summed E-state index contributed by atoms with van der Waals surface area (Å²) in [5.41, 5.74) is 0.291. The zero-order valence-electron chi connectivity index (χ0n) is 16.8. The van der Waals surface area contributed by atoms with Crippen LogP contribution in [-0.2, 0) is 19.6 Å². The van der Waals surface area contributed by atoms with Crippen LogP contribution in [0.5, 0.6) is 0 Å². The third-order valence-corrected chi connectivity index (χ3v) is 6.89. The van der Waals surface area contributed by atoms with Crippen molar-refractivity contribution in [1.29, 1.82) is 0 Å². The first-order valence-corrected chi connectivity index (χ1v) is 10.6. The van der Waals surface area contributed by atoms with E-state index in [0.717, 1.165) is 22.0 Å². The summed E-state index contributed by atoms with van der Waals surface area (Å²) in [6.07, 6.45) is 2.06. The lowest BCUT2D eigenvalue weighted by molar-refractivity contribution is -0.384. The molecule has 0 bridgehead atoms. The summed E-state index contributed by atoms with van der Waals surface area (Å²) in [7, 11) is -2.97. The highest BCUT2D eigenvalue weighted by Gasteiger charge is 2.53. The normalized spacial score (nSPS) is 19.6. The molecule has 0 amide bonds. The van der Waals surface area contributed by atoms with E-state index in [9.17, 15) is 23.3 Å². The lowest BCUT2D eigenvalue weighted by atomic mass is 9.84. The number of hydrogen-bond acceptors (Lipinski definition) is 6. The number of hydrogen-bond donors (Lipinski definition) is 0. The lowest BCUT2D eigenvalue weighted by Crippen LogP contribution is -2.46. The number of nitrogens with zero attached hydrogens (tertiary/aromatic N) is 2. The third kappa shape index (κ3) is 3.93. The zero-order valence-corrected chi connectivity index (χ0v) is 17.6. The second-order valence-electron chi connectivity index (χ2n) is 7.69. The molecule has 3 rings (SSSR count). The van der Waals surface area contributed by atoms with Crippen molar-refractivity contribution in [3.63, 3.8) is 0 Å². The molecule has 0 spiro atoms. The van der Waals surface area contributed by atoms with Gasteiger partial charge in [0.05, 0.1) is 16.9 Å². The second-order valence-corrected chi connectivity index (χ2v) is 9.50. The second kappa shape index (κ2) is 7.91. The van der Waals surface area contributed by atoms with Gasteiger partial charge in [0, 0.05) is 23.2 Å². The van der Waals surface area contributed by atoms with Gasteiger partial charge in [0.25, 0.3) is 15.7 Å². The topological polar surface area (TPSA) is 107 Å². The van der Waals surface area contributed by atoms with Crippen molar-refractivity contribution >= 4 is 27.8 Å². The lowest BCUT2D eigenvalue weighted by Gasteiger charge is -2.30. The number of carbonyl (C=O) groups excluding carboxylic acids is 1. The number of ether oxygens (including phenoxy) is 1. The molecule has 8 nitrogen and oxygen atoms in total. The highest BCUT2D eigenvalue weighted by atomic mass is 32.2. The number of non-ortho nitro benzene ring substituents is 1. The summed E-state index contributed by atoms with van der Waals surface area (Å²) in [6, 6.07) is 12.7. The van der Waals surface area contributed by atoms with Crippen LogP contribution in [0, 0.1) is 15.5 Å². The highest BCUT2D eigenvalue weighted by molar-refractivity contribution is 7.89. The molecule has 0 radical (unpaired) electrons. The quantitative estimate of drug-likeness (QED) is 0.408. The Morgan fingerprint density at radius 2 is 1.77 bits per heavy atom. The number of methoxy groups -OCH3 is 1. The summed E-state index contributed by atoms with van der Waals surface area (Å²) in [5, 5.41) is 10.9. The van der Waals surface area contributed by atoms with Gasteiger partial charge in [0.1, 0.15) is 6.04 Å². The molecule has 1 atom stereocenters. The molecule has 2 aromatic carbocycles. The minimum absolute atomic E-state index is 0.140. The van der Waals surface area contributed by atoms with Gasteiger partial charge >= 0.3 is 5.97 Å². The van der Waals surface area contributed by atoms with Gasteiger partial charge in [0.2, 0.25) is 0 Å². The number of rotatable bonds is 5. The number of benzene rings is 2. The Hall–Kier alpha value is -3.20. The first kappa shape index (κ1) is 21.5. The van der Waals surface area contributed by atoms with E-state index in [-0.39, 0.29) is 10.6 Å². The summed E-state index contributed by atoms with van der Waals surface area (Å²) in [5.74, 6) is -0.665. The number of sulfonamides is 1. The predicted octanol–water partition coefficient (Wildman–Crippen LogP) is 3.60. The Morgan fingerprint density at radius 1 is 1.17 bits per heavy atom. The van der Waals surface area contributed by atoms with Crippen LogP contribution in [0.2, 0.25) is 0 Å². The van der Waals surface area contributed by atoms with E-state index < -0.39 is 32.4 Å². The Kier molecular flexibility index (Phi) is 5.67. The van der Waals surface area contributed by atoms with Crippen LogP contribution in [0.4, 0.5) is 5.69 Å². The van der Waals surface area contributed by atoms with E-state index in [0.29, 0.717) is 12.1 Å². The Morgan fingerprint density at radius 3 is 2.30 bits per heavy atom. The predicted molar refractivity (Wildman–Crippen MR) is 111 cm³/mol. The van der Waals surface area contributed by atoms with E-state index >= 15 is 0 Å². The van der Waals surface area contributed by atoms with Crippen molar-refractivity contribution in [1.82, 2.24) is 4.31 Å². The molecule has 158 valence electrons. The van der Waals surface area contributed by atoms with Gasteiger partial charge < -0.3 is 4.74 Å². The molecule has 1 aliphatic rings. The average Bonchev–Trinajstić information content (AvgIpc) is 2.98. The fraction of sp³-hybridized carbons (Fsp3) is 0.286. The first-order chi connectivity index (χ1) is 14.1. The molecule has 0 aliphatic carbocycles. The van der Waals surface area contributed by atoms with Gasteiger partial charge in [0.15, 0.2) is 0 Å². The van der Waals surface area contributed by atoms with Gasteiger partial charge in [-0.25, -0.2) is 13.2 Å². The van der Waals surface area contributed by atoms with Crippen molar-refractivity contribution in [2.45, 2.75) is 31.2 Å². The smallest absolute Gasteiger partial charge is 0.330 e. The number of carbonyl (C=O) groups is 1. The van der Waals surface area contributed by atoms with Crippen LogP contribution in [0.3, 0.4) is 0 Å². The number of nitro benzene ring substituents is 1. The van der Waals surface area contributed by atoms with E-state index in [4.69, 9.17) is 4.74 Å².